The number of hydrogen-bond acceptors (Lipinski definition) is 4. The lowest BCUT2D eigenvalue weighted by Crippen LogP contribution is -2.47. The number of aromatic nitrogens is 1. The van der Waals surface area contributed by atoms with Gasteiger partial charge in [-0.3, -0.25) is 4.79 Å². The fraction of sp³-hybridized carbons (Fsp3) is 0.625. The highest BCUT2D eigenvalue weighted by Crippen LogP contribution is 2.38. The quantitative estimate of drug-likeness (QED) is 0.888. The molecule has 1 aliphatic carbocycles. The summed E-state index contributed by atoms with van der Waals surface area (Å²) in [6, 6.07) is 4.14. The van der Waals surface area contributed by atoms with Gasteiger partial charge in [0.2, 0.25) is 5.91 Å². The van der Waals surface area contributed by atoms with Crippen LogP contribution < -0.4 is 15.5 Å². The maximum atomic E-state index is 12.6. The molecule has 1 saturated heterocycles. The molecule has 0 spiro atoms. The summed E-state index contributed by atoms with van der Waals surface area (Å²) in [4.78, 5) is 18.8. The highest BCUT2D eigenvalue weighted by atomic mass is 16.1. The first-order chi connectivity index (χ1) is 10.1. The summed E-state index contributed by atoms with van der Waals surface area (Å²) in [5.41, 5.74) is 0.832. The molecule has 0 aromatic carbocycles. The molecule has 1 aliphatic heterocycles. The van der Waals surface area contributed by atoms with Crippen LogP contribution in [-0.2, 0) is 4.79 Å². The molecule has 1 aromatic heterocycles. The van der Waals surface area contributed by atoms with Crippen LogP contribution in [0.15, 0.2) is 18.3 Å². The van der Waals surface area contributed by atoms with Gasteiger partial charge >= 0.3 is 0 Å². The summed E-state index contributed by atoms with van der Waals surface area (Å²) < 4.78 is 0. The number of pyridine rings is 1. The highest BCUT2D eigenvalue weighted by molar-refractivity contribution is 5.93. The molecule has 2 N–H and O–H groups in total. The van der Waals surface area contributed by atoms with Crippen molar-refractivity contribution >= 4 is 17.4 Å². The fourth-order valence-electron chi connectivity index (χ4n) is 3.13. The molecule has 0 radical (unpaired) electrons. The van der Waals surface area contributed by atoms with Crippen molar-refractivity contribution in [1.29, 1.82) is 0 Å². The minimum atomic E-state index is 0.0993. The summed E-state index contributed by atoms with van der Waals surface area (Å²) in [5.74, 6) is 1.81. The molecule has 5 heteroatoms. The number of hydrogen-bond donors (Lipinski definition) is 2. The van der Waals surface area contributed by atoms with Gasteiger partial charge in [0.05, 0.1) is 5.92 Å². The van der Waals surface area contributed by atoms with Crippen molar-refractivity contribution in [3.8, 4) is 0 Å². The topological polar surface area (TPSA) is 57.3 Å². The molecule has 0 bridgehead atoms. The van der Waals surface area contributed by atoms with Gasteiger partial charge in [-0.05, 0) is 44.2 Å². The van der Waals surface area contributed by atoms with Crippen molar-refractivity contribution in [3.63, 3.8) is 0 Å². The number of carbonyl (C=O) groups excluding carboxylic acids is 1. The van der Waals surface area contributed by atoms with Gasteiger partial charge in [0.1, 0.15) is 5.82 Å². The second-order valence-electron chi connectivity index (χ2n) is 6.35. The fourth-order valence-corrected chi connectivity index (χ4v) is 3.13. The lowest BCUT2D eigenvalue weighted by Gasteiger charge is -2.32. The van der Waals surface area contributed by atoms with E-state index in [4.69, 9.17) is 0 Å². The molecule has 2 fully saturated rings. The van der Waals surface area contributed by atoms with Gasteiger partial charge in [0, 0.05) is 38.1 Å². The molecule has 2 atom stereocenters. The summed E-state index contributed by atoms with van der Waals surface area (Å²) in [6.45, 7) is 1.05. The van der Waals surface area contributed by atoms with E-state index in [0.717, 1.165) is 30.9 Å². The number of rotatable bonds is 4. The molecular formula is C16H24N4O. The van der Waals surface area contributed by atoms with Gasteiger partial charge in [-0.15, -0.1) is 0 Å². The number of piperidine rings is 1. The van der Waals surface area contributed by atoms with Crippen molar-refractivity contribution in [1.82, 2.24) is 10.3 Å². The SMILES string of the molecule is CN(C)c1cc(NC(=O)[C@@H]2CCCN[C@@H]2C2CC2)ccn1. The minimum Gasteiger partial charge on any atom is -0.363 e. The van der Waals surface area contributed by atoms with Crippen molar-refractivity contribution in [2.24, 2.45) is 11.8 Å². The lowest BCUT2D eigenvalue weighted by molar-refractivity contribution is -0.121. The van der Waals surface area contributed by atoms with Crippen LogP contribution in [0.5, 0.6) is 0 Å². The van der Waals surface area contributed by atoms with E-state index >= 15 is 0 Å². The molecule has 1 aromatic rings. The van der Waals surface area contributed by atoms with Gasteiger partial charge in [-0.25, -0.2) is 4.98 Å². The van der Waals surface area contributed by atoms with Gasteiger partial charge in [-0.2, -0.15) is 0 Å². The predicted octanol–water partition coefficient (Wildman–Crippen LogP) is 1.86. The molecule has 1 amide bonds. The first-order valence-electron chi connectivity index (χ1n) is 7.83. The van der Waals surface area contributed by atoms with Crippen molar-refractivity contribution < 1.29 is 4.79 Å². The summed E-state index contributed by atoms with van der Waals surface area (Å²) >= 11 is 0. The van der Waals surface area contributed by atoms with Crippen molar-refractivity contribution in [2.75, 3.05) is 30.9 Å². The number of nitrogens with one attached hydrogen (secondary N) is 2. The third kappa shape index (κ3) is 3.35. The van der Waals surface area contributed by atoms with E-state index in [9.17, 15) is 4.79 Å². The van der Waals surface area contributed by atoms with E-state index in [2.05, 4.69) is 15.6 Å². The number of nitrogens with zero attached hydrogens (tertiary/aromatic N) is 2. The number of anilines is 2. The summed E-state index contributed by atoms with van der Waals surface area (Å²) in [5, 5.41) is 6.62. The Morgan fingerprint density at radius 3 is 2.90 bits per heavy atom. The molecule has 114 valence electrons. The van der Waals surface area contributed by atoms with Gasteiger partial charge < -0.3 is 15.5 Å². The van der Waals surface area contributed by atoms with Crippen LogP contribution in [0.4, 0.5) is 11.5 Å². The Balaban J connectivity index is 1.68. The van der Waals surface area contributed by atoms with Crippen LogP contribution in [0.2, 0.25) is 0 Å². The normalized spacial score (nSPS) is 25.4. The molecule has 5 nitrogen and oxygen atoms in total. The molecule has 2 heterocycles. The zero-order valence-electron chi connectivity index (χ0n) is 12.8. The van der Waals surface area contributed by atoms with Crippen LogP contribution >= 0.6 is 0 Å². The molecule has 2 aliphatic rings. The van der Waals surface area contributed by atoms with Gasteiger partial charge in [0.15, 0.2) is 0 Å². The predicted molar refractivity (Wildman–Crippen MR) is 84.4 cm³/mol. The van der Waals surface area contributed by atoms with Crippen LogP contribution in [-0.4, -0.2) is 37.6 Å². The second-order valence-corrected chi connectivity index (χ2v) is 6.35. The van der Waals surface area contributed by atoms with Crippen LogP contribution in [0, 0.1) is 11.8 Å². The third-order valence-electron chi connectivity index (χ3n) is 4.44. The minimum absolute atomic E-state index is 0.0993. The van der Waals surface area contributed by atoms with E-state index in [1.807, 2.05) is 31.1 Å². The zero-order valence-corrected chi connectivity index (χ0v) is 12.8. The Hall–Kier alpha value is -1.62. The Bertz CT molecular complexity index is 513. The maximum Gasteiger partial charge on any atom is 0.229 e. The smallest absolute Gasteiger partial charge is 0.229 e. The summed E-state index contributed by atoms with van der Waals surface area (Å²) in [6.07, 6.45) is 6.34. The largest absolute Gasteiger partial charge is 0.363 e. The number of carbonyl (C=O) groups is 1. The maximum absolute atomic E-state index is 12.6. The Morgan fingerprint density at radius 2 is 2.19 bits per heavy atom. The first-order valence-corrected chi connectivity index (χ1v) is 7.83. The lowest BCUT2D eigenvalue weighted by atomic mass is 9.87. The third-order valence-corrected chi connectivity index (χ3v) is 4.44. The zero-order chi connectivity index (χ0) is 14.8. The Kier molecular flexibility index (Phi) is 4.10. The first kappa shape index (κ1) is 14.3. The standard InChI is InChI=1S/C16H24N4O/c1-20(2)14-10-12(7-9-17-14)19-16(21)13-4-3-8-18-15(13)11-5-6-11/h7,9-11,13,15,18H,3-6,8H2,1-2H3,(H,17,19,21)/t13-,15-/m1/s1. The van der Waals surface area contributed by atoms with E-state index in [1.54, 1.807) is 6.20 Å². The molecule has 3 rings (SSSR count). The highest BCUT2D eigenvalue weighted by Gasteiger charge is 2.40. The van der Waals surface area contributed by atoms with Gasteiger partial charge in [0.25, 0.3) is 0 Å². The Labute approximate surface area is 126 Å². The van der Waals surface area contributed by atoms with Crippen molar-refractivity contribution in [2.45, 2.75) is 31.7 Å². The number of amides is 1. The van der Waals surface area contributed by atoms with Crippen LogP contribution in [0.1, 0.15) is 25.7 Å². The monoisotopic (exact) mass is 288 g/mol. The Morgan fingerprint density at radius 1 is 1.38 bits per heavy atom. The van der Waals surface area contributed by atoms with E-state index in [-0.39, 0.29) is 11.8 Å². The van der Waals surface area contributed by atoms with E-state index < -0.39 is 0 Å². The molecular weight excluding hydrogens is 264 g/mol. The van der Waals surface area contributed by atoms with E-state index in [1.165, 1.54) is 12.8 Å². The van der Waals surface area contributed by atoms with Crippen LogP contribution in [0.3, 0.4) is 0 Å². The molecule has 21 heavy (non-hydrogen) atoms. The molecule has 0 unspecified atom stereocenters. The average molecular weight is 288 g/mol. The summed E-state index contributed by atoms with van der Waals surface area (Å²) in [7, 11) is 3.89. The average Bonchev–Trinajstić information content (AvgIpc) is 3.32. The van der Waals surface area contributed by atoms with Gasteiger partial charge in [-0.1, -0.05) is 0 Å². The van der Waals surface area contributed by atoms with E-state index in [0.29, 0.717) is 12.0 Å². The van der Waals surface area contributed by atoms with Crippen LogP contribution in [0.25, 0.3) is 0 Å². The van der Waals surface area contributed by atoms with Crippen molar-refractivity contribution in [3.05, 3.63) is 18.3 Å². The molecule has 1 saturated carbocycles. The second kappa shape index (κ2) is 6.02.